The Morgan fingerprint density at radius 1 is 1.25 bits per heavy atom. The molecule has 0 N–H and O–H groups in total. The Hall–Kier alpha value is -1.05. The fourth-order valence-corrected chi connectivity index (χ4v) is 2.13. The first kappa shape index (κ1) is 6.46. The van der Waals surface area contributed by atoms with Crippen LogP contribution in [-0.4, -0.2) is 18.1 Å². The van der Waals surface area contributed by atoms with Crippen LogP contribution in [0.1, 0.15) is 6.42 Å². The average Bonchev–Trinajstić information content (AvgIpc) is 2.75. The third-order valence-corrected chi connectivity index (χ3v) is 2.95. The van der Waals surface area contributed by atoms with Crippen LogP contribution >= 0.6 is 0 Å². The van der Waals surface area contributed by atoms with Gasteiger partial charge in [0.1, 0.15) is 5.82 Å². The summed E-state index contributed by atoms with van der Waals surface area (Å²) in [5.41, 5.74) is 0. The van der Waals surface area contributed by atoms with Gasteiger partial charge in [0.05, 0.1) is 0 Å². The third-order valence-electron chi connectivity index (χ3n) is 2.95. The third kappa shape index (κ3) is 0.909. The lowest BCUT2D eigenvalue weighted by molar-refractivity contribution is 0.805. The van der Waals surface area contributed by atoms with E-state index < -0.39 is 0 Å². The van der Waals surface area contributed by atoms with E-state index in [2.05, 4.69) is 22.0 Å². The Morgan fingerprint density at radius 3 is 2.75 bits per heavy atom. The molecule has 2 heterocycles. The Morgan fingerprint density at radius 2 is 2.08 bits per heavy atom. The molecule has 0 radical (unpaired) electrons. The number of aromatic nitrogens is 1. The van der Waals surface area contributed by atoms with Crippen LogP contribution in [0.25, 0.3) is 0 Å². The van der Waals surface area contributed by atoms with Gasteiger partial charge in [0.15, 0.2) is 0 Å². The largest absolute Gasteiger partial charge is 0.356 e. The SMILES string of the molecule is c1ccc(N2CC3CC3C2)nc1. The number of nitrogens with zero attached hydrogens (tertiary/aromatic N) is 2. The zero-order chi connectivity index (χ0) is 7.97. The lowest BCUT2D eigenvalue weighted by Crippen LogP contribution is -2.22. The van der Waals surface area contributed by atoms with Gasteiger partial charge < -0.3 is 4.90 Å². The summed E-state index contributed by atoms with van der Waals surface area (Å²) >= 11 is 0. The number of hydrogen-bond acceptors (Lipinski definition) is 2. The highest BCUT2D eigenvalue weighted by molar-refractivity contribution is 5.40. The molecular formula is C10H12N2. The molecule has 2 nitrogen and oxygen atoms in total. The number of piperidine rings is 1. The van der Waals surface area contributed by atoms with Crippen molar-refractivity contribution in [3.8, 4) is 0 Å². The van der Waals surface area contributed by atoms with Gasteiger partial charge in [-0.15, -0.1) is 0 Å². The Labute approximate surface area is 72.2 Å². The highest BCUT2D eigenvalue weighted by Crippen LogP contribution is 2.45. The minimum Gasteiger partial charge on any atom is -0.356 e. The van der Waals surface area contributed by atoms with Crippen molar-refractivity contribution >= 4 is 5.82 Å². The molecule has 1 saturated carbocycles. The predicted octanol–water partition coefficient (Wildman–Crippen LogP) is 1.54. The molecule has 2 unspecified atom stereocenters. The summed E-state index contributed by atoms with van der Waals surface area (Å²) in [6, 6.07) is 6.14. The first-order chi connectivity index (χ1) is 5.93. The molecule has 62 valence electrons. The van der Waals surface area contributed by atoms with Gasteiger partial charge in [-0.2, -0.15) is 0 Å². The summed E-state index contributed by atoms with van der Waals surface area (Å²) in [5, 5.41) is 0. The van der Waals surface area contributed by atoms with Gasteiger partial charge in [-0.05, 0) is 30.4 Å². The minimum atomic E-state index is 0.993. The summed E-state index contributed by atoms with van der Waals surface area (Å²) in [6.45, 7) is 2.48. The van der Waals surface area contributed by atoms with Gasteiger partial charge in [0.2, 0.25) is 0 Å². The maximum Gasteiger partial charge on any atom is 0.128 e. The normalized spacial score (nSPS) is 31.8. The molecule has 1 aliphatic carbocycles. The van der Waals surface area contributed by atoms with Gasteiger partial charge in [-0.3, -0.25) is 0 Å². The van der Waals surface area contributed by atoms with Gasteiger partial charge in [-0.25, -0.2) is 4.98 Å². The molecule has 2 fully saturated rings. The van der Waals surface area contributed by atoms with E-state index >= 15 is 0 Å². The molecule has 0 aromatic carbocycles. The Bertz CT molecular complexity index is 273. The van der Waals surface area contributed by atoms with Crippen LogP contribution in [0.3, 0.4) is 0 Å². The second-order valence-electron chi connectivity index (χ2n) is 3.85. The second kappa shape index (κ2) is 2.22. The Balaban J connectivity index is 1.82. The molecule has 3 rings (SSSR count). The molecule has 0 amide bonds. The lowest BCUT2D eigenvalue weighted by Gasteiger charge is -2.18. The van der Waals surface area contributed by atoms with Crippen LogP contribution in [0.2, 0.25) is 0 Å². The molecule has 1 aliphatic heterocycles. The predicted molar refractivity (Wildman–Crippen MR) is 48.0 cm³/mol. The van der Waals surface area contributed by atoms with Crippen LogP contribution in [0.4, 0.5) is 5.82 Å². The van der Waals surface area contributed by atoms with Crippen molar-refractivity contribution in [2.45, 2.75) is 6.42 Å². The van der Waals surface area contributed by atoms with E-state index in [9.17, 15) is 0 Å². The smallest absolute Gasteiger partial charge is 0.128 e. The van der Waals surface area contributed by atoms with Crippen molar-refractivity contribution in [2.75, 3.05) is 18.0 Å². The highest BCUT2D eigenvalue weighted by atomic mass is 15.2. The van der Waals surface area contributed by atoms with E-state index in [0.717, 1.165) is 17.7 Å². The summed E-state index contributed by atoms with van der Waals surface area (Å²) in [4.78, 5) is 6.74. The highest BCUT2D eigenvalue weighted by Gasteiger charge is 2.45. The maximum absolute atomic E-state index is 4.34. The van der Waals surface area contributed by atoms with E-state index in [4.69, 9.17) is 0 Å². The second-order valence-corrected chi connectivity index (χ2v) is 3.85. The number of pyridine rings is 1. The molecule has 1 saturated heterocycles. The molecule has 1 aromatic heterocycles. The minimum absolute atomic E-state index is 0.993. The number of fused-ring (bicyclic) bond motifs is 1. The van der Waals surface area contributed by atoms with Gasteiger partial charge >= 0.3 is 0 Å². The summed E-state index contributed by atoms with van der Waals surface area (Å²) in [5.74, 6) is 3.14. The summed E-state index contributed by atoms with van der Waals surface area (Å²) < 4.78 is 0. The van der Waals surface area contributed by atoms with Gasteiger partial charge in [0.25, 0.3) is 0 Å². The number of anilines is 1. The van der Waals surface area contributed by atoms with Crippen molar-refractivity contribution in [1.82, 2.24) is 4.98 Å². The molecule has 12 heavy (non-hydrogen) atoms. The quantitative estimate of drug-likeness (QED) is 0.619. The molecule has 2 heteroatoms. The van der Waals surface area contributed by atoms with E-state index in [0.29, 0.717) is 0 Å². The summed E-state index contributed by atoms with van der Waals surface area (Å²) in [6.07, 6.45) is 3.34. The number of hydrogen-bond donors (Lipinski definition) is 0. The molecule has 0 bridgehead atoms. The zero-order valence-corrected chi connectivity index (χ0v) is 6.98. The fourth-order valence-electron chi connectivity index (χ4n) is 2.13. The maximum atomic E-state index is 4.34. The molecule has 2 aliphatic rings. The Kier molecular flexibility index (Phi) is 1.20. The fraction of sp³-hybridized carbons (Fsp3) is 0.500. The van der Waals surface area contributed by atoms with E-state index in [1.807, 2.05) is 12.3 Å². The van der Waals surface area contributed by atoms with Crippen LogP contribution in [0, 0.1) is 11.8 Å². The van der Waals surface area contributed by atoms with Crippen LogP contribution in [0.15, 0.2) is 24.4 Å². The van der Waals surface area contributed by atoms with Crippen LogP contribution < -0.4 is 4.90 Å². The first-order valence-corrected chi connectivity index (χ1v) is 4.59. The van der Waals surface area contributed by atoms with E-state index in [1.54, 1.807) is 0 Å². The van der Waals surface area contributed by atoms with Gasteiger partial charge in [0, 0.05) is 19.3 Å². The van der Waals surface area contributed by atoms with Crippen LogP contribution in [-0.2, 0) is 0 Å². The van der Waals surface area contributed by atoms with Crippen molar-refractivity contribution < 1.29 is 0 Å². The standard InChI is InChI=1S/C10H12N2/c1-2-4-11-10(3-1)12-6-8-5-9(8)7-12/h1-4,8-9H,5-7H2. The summed E-state index contributed by atoms with van der Waals surface area (Å²) in [7, 11) is 0. The lowest BCUT2D eigenvalue weighted by atomic mass is 10.4. The van der Waals surface area contributed by atoms with Crippen molar-refractivity contribution in [3.05, 3.63) is 24.4 Å². The molecule has 1 aromatic rings. The molecule has 0 spiro atoms. The van der Waals surface area contributed by atoms with E-state index in [1.165, 1.54) is 19.5 Å². The van der Waals surface area contributed by atoms with Crippen molar-refractivity contribution in [3.63, 3.8) is 0 Å². The first-order valence-electron chi connectivity index (χ1n) is 4.59. The topological polar surface area (TPSA) is 16.1 Å². The monoisotopic (exact) mass is 160 g/mol. The average molecular weight is 160 g/mol. The van der Waals surface area contributed by atoms with E-state index in [-0.39, 0.29) is 0 Å². The van der Waals surface area contributed by atoms with Crippen molar-refractivity contribution in [1.29, 1.82) is 0 Å². The molecular weight excluding hydrogens is 148 g/mol. The van der Waals surface area contributed by atoms with Crippen LogP contribution in [0.5, 0.6) is 0 Å². The molecule has 2 atom stereocenters. The van der Waals surface area contributed by atoms with Crippen molar-refractivity contribution in [2.24, 2.45) is 11.8 Å². The zero-order valence-electron chi connectivity index (χ0n) is 6.98. The van der Waals surface area contributed by atoms with Gasteiger partial charge in [-0.1, -0.05) is 6.07 Å². The number of rotatable bonds is 1.